The number of aryl methyl sites for hydroxylation is 1. The molecule has 4 aliphatic rings. The Morgan fingerprint density at radius 1 is 0.936 bits per heavy atom. The number of hydrogen-bond donors (Lipinski definition) is 1. The van der Waals surface area contributed by atoms with Gasteiger partial charge in [-0.3, -0.25) is 9.02 Å². The molecule has 8 atom stereocenters. The summed E-state index contributed by atoms with van der Waals surface area (Å²) in [7, 11) is -7.20. The van der Waals surface area contributed by atoms with Gasteiger partial charge in [0.05, 0.1) is 23.7 Å². The number of benzene rings is 2. The second-order valence-corrected chi connectivity index (χ2v) is 21.9. The van der Waals surface area contributed by atoms with Crippen LogP contribution in [0.2, 0.25) is 10.1 Å². The number of aliphatic hydroxyl groups is 1. The van der Waals surface area contributed by atoms with Gasteiger partial charge in [-0.1, -0.05) is 108 Å². The summed E-state index contributed by atoms with van der Waals surface area (Å²) in [6, 6.07) is 16.4. The van der Waals surface area contributed by atoms with Crippen LogP contribution in [0.15, 0.2) is 59.5 Å². The third-order valence-corrected chi connectivity index (χ3v) is 16.6. The van der Waals surface area contributed by atoms with Crippen molar-refractivity contribution in [1.82, 2.24) is 5.23 Å². The summed E-state index contributed by atoms with van der Waals surface area (Å²) in [5, 5.41) is 12.2. The van der Waals surface area contributed by atoms with Crippen LogP contribution in [0.5, 0.6) is 0 Å². The third-order valence-electron chi connectivity index (χ3n) is 10.1. The summed E-state index contributed by atoms with van der Waals surface area (Å²) in [6.45, 7) is 14.2. The van der Waals surface area contributed by atoms with Crippen molar-refractivity contribution >= 4 is 18.7 Å². The van der Waals surface area contributed by atoms with E-state index in [0.29, 0.717) is 6.42 Å². The van der Waals surface area contributed by atoms with Gasteiger partial charge < -0.3 is 18.7 Å². The van der Waals surface area contributed by atoms with Gasteiger partial charge in [-0.25, -0.2) is 4.84 Å². The Labute approximate surface area is 280 Å². The van der Waals surface area contributed by atoms with Gasteiger partial charge in [0, 0.05) is 22.4 Å². The highest BCUT2D eigenvalue weighted by molar-refractivity contribution is 7.86. The lowest BCUT2D eigenvalue weighted by atomic mass is 9.81. The third kappa shape index (κ3) is 6.88. The van der Waals surface area contributed by atoms with Crippen LogP contribution in [0.1, 0.15) is 90.7 Å². The van der Waals surface area contributed by atoms with Crippen LogP contribution in [0, 0.1) is 6.92 Å². The lowest BCUT2D eigenvalue weighted by Crippen LogP contribution is -2.71. The van der Waals surface area contributed by atoms with E-state index in [1.807, 2.05) is 13.0 Å². The molecule has 2 aromatic rings. The molecule has 3 aliphatic heterocycles. The summed E-state index contributed by atoms with van der Waals surface area (Å²) in [4.78, 5) is 12.7. The monoisotopic (exact) mass is 689 g/mol. The van der Waals surface area contributed by atoms with Gasteiger partial charge in [-0.2, -0.15) is 8.42 Å². The molecular weight excluding hydrogens is 639 g/mol. The molecule has 0 unspecified atom stereocenters. The zero-order chi connectivity index (χ0) is 33.8. The standard InChI is InChI=1S/C35H51NO9SSi/c1-23-17-19-25(20-18-23)46(38,39)40-22-27(37)32-33-31-29(44-47(45-33,34(2,3)4)35(5,6)7)21-30(42-36(31)43-32)41-28-16-12-11-15-26(28)24-13-9-8-10-14-24/h8-10,13-14,17-20,26-33,37H,11-12,15-16,21-22H2,1-7H3/t26-,27-,28+,29+,30-,31-,32-,33-/m1/s1. The first-order chi connectivity index (χ1) is 22.1. The minimum absolute atomic E-state index is 0.0224. The number of ether oxygens (including phenoxy) is 1. The molecule has 0 aromatic heterocycles. The van der Waals surface area contributed by atoms with E-state index in [4.69, 9.17) is 27.4 Å². The van der Waals surface area contributed by atoms with E-state index in [9.17, 15) is 13.5 Å². The van der Waals surface area contributed by atoms with E-state index < -0.39 is 55.9 Å². The zero-order valence-corrected chi connectivity index (χ0v) is 30.4. The van der Waals surface area contributed by atoms with Gasteiger partial charge in [-0.15, -0.1) is 0 Å². The van der Waals surface area contributed by atoms with Crippen molar-refractivity contribution in [3.8, 4) is 0 Å². The van der Waals surface area contributed by atoms with Gasteiger partial charge in [0.2, 0.25) is 0 Å². The maximum absolute atomic E-state index is 13.0. The van der Waals surface area contributed by atoms with Crippen LogP contribution >= 0.6 is 0 Å². The average molecular weight is 690 g/mol. The Morgan fingerprint density at radius 2 is 1.60 bits per heavy atom. The second-order valence-electron chi connectivity index (χ2n) is 15.6. The highest BCUT2D eigenvalue weighted by Crippen LogP contribution is 2.58. The van der Waals surface area contributed by atoms with E-state index in [1.54, 1.807) is 12.1 Å². The molecule has 10 nitrogen and oxygen atoms in total. The van der Waals surface area contributed by atoms with Crippen molar-refractivity contribution in [3.63, 3.8) is 0 Å². The van der Waals surface area contributed by atoms with Crippen molar-refractivity contribution in [2.75, 3.05) is 6.61 Å². The summed E-state index contributed by atoms with van der Waals surface area (Å²) in [5.74, 6) is 0.258. The first-order valence-corrected chi connectivity index (χ1v) is 20.2. The second kappa shape index (κ2) is 13.2. The molecule has 0 radical (unpaired) electrons. The van der Waals surface area contributed by atoms with Gasteiger partial charge in [-0.05, 0) is 37.5 Å². The predicted molar refractivity (Wildman–Crippen MR) is 178 cm³/mol. The molecule has 3 saturated heterocycles. The molecule has 3 heterocycles. The Bertz CT molecular complexity index is 1460. The van der Waals surface area contributed by atoms with Crippen molar-refractivity contribution < 1.29 is 41.0 Å². The van der Waals surface area contributed by atoms with Crippen molar-refractivity contribution in [3.05, 3.63) is 65.7 Å². The van der Waals surface area contributed by atoms with Crippen LogP contribution in [0.4, 0.5) is 0 Å². The number of hydrogen-bond acceptors (Lipinski definition) is 10. The summed E-state index contributed by atoms with van der Waals surface area (Å²) >= 11 is 0. The largest absolute Gasteiger partial charge is 0.388 e. The number of nitrogens with zero attached hydrogens (tertiary/aromatic N) is 1. The van der Waals surface area contributed by atoms with E-state index in [1.165, 1.54) is 22.9 Å². The van der Waals surface area contributed by atoms with E-state index in [0.717, 1.165) is 31.2 Å². The van der Waals surface area contributed by atoms with Crippen molar-refractivity contribution in [1.29, 1.82) is 0 Å². The molecule has 2 aromatic carbocycles. The molecule has 1 N–H and O–H groups in total. The first kappa shape index (κ1) is 35.1. The predicted octanol–water partition coefficient (Wildman–Crippen LogP) is 6.28. The maximum Gasteiger partial charge on any atom is 0.350 e. The SMILES string of the molecule is Cc1ccc(S(=O)(=O)OC[C@@H](O)[C@H]2ON3O[C@@H](O[C@H]4CCCC[C@@H]4c4ccccc4)C[C@@H]4O[Si](C(C)(C)C)(C(C)(C)C)O[C@@H]2[C@@H]43)cc1. The molecule has 6 rings (SSSR count). The highest BCUT2D eigenvalue weighted by atomic mass is 32.2. The fourth-order valence-corrected chi connectivity index (χ4v) is 13.9. The Morgan fingerprint density at radius 3 is 2.26 bits per heavy atom. The fourth-order valence-electron chi connectivity index (χ4n) is 7.95. The van der Waals surface area contributed by atoms with Crippen LogP contribution in [0.25, 0.3) is 0 Å². The molecule has 0 bridgehead atoms. The smallest absolute Gasteiger partial charge is 0.350 e. The van der Waals surface area contributed by atoms with Gasteiger partial charge >= 0.3 is 8.56 Å². The van der Waals surface area contributed by atoms with Crippen LogP contribution in [-0.4, -0.2) is 76.8 Å². The first-order valence-electron chi connectivity index (χ1n) is 16.9. The Kier molecular flexibility index (Phi) is 9.87. The van der Waals surface area contributed by atoms with E-state index >= 15 is 0 Å². The van der Waals surface area contributed by atoms with Gasteiger partial charge in [0.1, 0.15) is 24.4 Å². The molecule has 260 valence electrons. The molecule has 0 amide bonds. The molecular formula is C35H51NO9SSi. The zero-order valence-electron chi connectivity index (χ0n) is 28.6. The van der Waals surface area contributed by atoms with Crippen LogP contribution in [0.3, 0.4) is 0 Å². The van der Waals surface area contributed by atoms with Crippen molar-refractivity contribution in [2.45, 2.75) is 144 Å². The van der Waals surface area contributed by atoms with Gasteiger partial charge in [0.15, 0.2) is 6.29 Å². The normalized spacial score (nSPS) is 32.1. The molecule has 0 spiro atoms. The minimum atomic E-state index is -4.11. The highest BCUT2D eigenvalue weighted by Gasteiger charge is 2.69. The molecule has 12 heteroatoms. The molecule has 4 fully saturated rings. The number of aliphatic hydroxyl groups excluding tert-OH is 1. The molecule has 1 saturated carbocycles. The lowest BCUT2D eigenvalue weighted by molar-refractivity contribution is -0.453. The Hall–Kier alpha value is -1.71. The molecule has 47 heavy (non-hydrogen) atoms. The topological polar surface area (TPSA) is 113 Å². The fraction of sp³-hybridized carbons (Fsp3) is 0.657. The average Bonchev–Trinajstić information content (AvgIpc) is 3.38. The quantitative estimate of drug-likeness (QED) is 0.251. The Balaban J connectivity index is 1.26. The summed E-state index contributed by atoms with van der Waals surface area (Å²) in [6.07, 6.45) is 0.735. The van der Waals surface area contributed by atoms with Crippen LogP contribution < -0.4 is 0 Å². The number of rotatable bonds is 8. The lowest BCUT2D eigenvalue weighted by Gasteiger charge is -2.57. The summed E-state index contributed by atoms with van der Waals surface area (Å²) < 4.78 is 52.3. The summed E-state index contributed by atoms with van der Waals surface area (Å²) in [5.41, 5.74) is 2.19. The minimum Gasteiger partial charge on any atom is -0.388 e. The maximum atomic E-state index is 13.0. The van der Waals surface area contributed by atoms with Crippen molar-refractivity contribution in [2.24, 2.45) is 0 Å². The van der Waals surface area contributed by atoms with Crippen LogP contribution in [-0.2, 0) is 37.6 Å². The van der Waals surface area contributed by atoms with Gasteiger partial charge in [0.25, 0.3) is 10.1 Å². The van der Waals surface area contributed by atoms with E-state index in [-0.39, 0.29) is 33.1 Å². The number of hydroxylamine groups is 2. The molecule has 1 aliphatic carbocycles. The van der Waals surface area contributed by atoms with E-state index in [2.05, 4.69) is 65.8 Å².